The number of hydrogen-bond donors (Lipinski definition) is 2. The lowest BCUT2D eigenvalue weighted by Gasteiger charge is -2.05. The van der Waals surface area contributed by atoms with E-state index in [1.807, 2.05) is 0 Å². The number of rotatable bonds is 4. The summed E-state index contributed by atoms with van der Waals surface area (Å²) in [6.07, 6.45) is 2.55. The Morgan fingerprint density at radius 1 is 1.08 bits per heavy atom. The van der Waals surface area contributed by atoms with Gasteiger partial charge in [-0.3, -0.25) is 30.6 Å². The molecule has 0 spiro atoms. The van der Waals surface area contributed by atoms with Gasteiger partial charge < -0.3 is 0 Å². The topological polar surface area (TPSA) is 101 Å². The second-order valence-corrected chi connectivity index (χ2v) is 5.07. The molecule has 0 unspecified atom stereocenters. The lowest BCUT2D eigenvalue weighted by molar-refractivity contribution is -0.384. The first-order valence-corrected chi connectivity index (χ1v) is 7.12. The van der Waals surface area contributed by atoms with Crippen molar-refractivity contribution >= 4 is 35.2 Å². The maximum absolute atomic E-state index is 11.8. The minimum absolute atomic E-state index is 0.0754. The number of nitrogens with one attached hydrogen (secondary N) is 2. The van der Waals surface area contributed by atoms with Crippen molar-refractivity contribution in [2.24, 2.45) is 0 Å². The molecule has 0 fully saturated rings. The molecule has 0 atom stereocenters. The van der Waals surface area contributed by atoms with Crippen molar-refractivity contribution in [3.63, 3.8) is 0 Å². The Morgan fingerprint density at radius 3 is 2.46 bits per heavy atom. The average Bonchev–Trinajstić information content (AvgIpc) is 2.58. The second kappa shape index (κ2) is 7.89. The van der Waals surface area contributed by atoms with Crippen LogP contribution >= 0.6 is 11.6 Å². The summed E-state index contributed by atoms with van der Waals surface area (Å²) in [4.78, 5) is 33.6. The maximum atomic E-state index is 11.8. The van der Waals surface area contributed by atoms with Gasteiger partial charge in [-0.1, -0.05) is 23.7 Å². The molecule has 0 aliphatic carbocycles. The Hall–Kier alpha value is -3.19. The van der Waals surface area contributed by atoms with Crippen LogP contribution in [0.1, 0.15) is 15.9 Å². The van der Waals surface area contributed by atoms with E-state index >= 15 is 0 Å². The summed E-state index contributed by atoms with van der Waals surface area (Å²) >= 11 is 5.72. The monoisotopic (exact) mass is 345 g/mol. The molecule has 2 N–H and O–H groups in total. The molecule has 0 heterocycles. The van der Waals surface area contributed by atoms with Gasteiger partial charge in [0.05, 0.1) is 4.92 Å². The van der Waals surface area contributed by atoms with Crippen molar-refractivity contribution in [1.82, 2.24) is 10.9 Å². The van der Waals surface area contributed by atoms with E-state index in [0.29, 0.717) is 16.1 Å². The molecule has 2 rings (SSSR count). The Bertz CT molecular complexity index is 803. The van der Waals surface area contributed by atoms with Crippen molar-refractivity contribution in [3.8, 4) is 0 Å². The number of halogens is 1. The number of carbonyl (C=O) groups excluding carboxylic acids is 2. The van der Waals surface area contributed by atoms with Crippen molar-refractivity contribution < 1.29 is 14.5 Å². The molecular formula is C16H12ClN3O4. The molecular weight excluding hydrogens is 334 g/mol. The van der Waals surface area contributed by atoms with E-state index in [9.17, 15) is 19.7 Å². The van der Waals surface area contributed by atoms with Gasteiger partial charge >= 0.3 is 0 Å². The zero-order valence-electron chi connectivity index (χ0n) is 12.2. The van der Waals surface area contributed by atoms with Gasteiger partial charge in [-0.2, -0.15) is 0 Å². The molecule has 122 valence electrons. The Kier molecular flexibility index (Phi) is 5.64. The van der Waals surface area contributed by atoms with Crippen LogP contribution in [0.3, 0.4) is 0 Å². The van der Waals surface area contributed by atoms with E-state index in [4.69, 9.17) is 11.6 Å². The van der Waals surface area contributed by atoms with E-state index in [1.54, 1.807) is 18.2 Å². The van der Waals surface area contributed by atoms with E-state index in [2.05, 4.69) is 10.9 Å². The van der Waals surface area contributed by atoms with E-state index in [1.165, 1.54) is 36.4 Å². The standard InChI is InChI=1S/C16H12ClN3O4/c17-13-7-5-12(6-8-13)16(22)19-18-15(21)9-4-11-2-1-3-14(10-11)20(23)24/h1-10H,(H,18,21)(H,19,22)/b9-4+. The first-order valence-electron chi connectivity index (χ1n) is 6.74. The van der Waals surface area contributed by atoms with Crippen LogP contribution in [0.5, 0.6) is 0 Å². The van der Waals surface area contributed by atoms with Crippen LogP contribution in [0.2, 0.25) is 5.02 Å². The zero-order valence-corrected chi connectivity index (χ0v) is 13.0. The van der Waals surface area contributed by atoms with Crippen LogP contribution < -0.4 is 10.9 Å². The number of non-ortho nitro benzene ring substituents is 1. The van der Waals surface area contributed by atoms with E-state index < -0.39 is 16.7 Å². The normalized spacial score (nSPS) is 10.4. The van der Waals surface area contributed by atoms with Gasteiger partial charge in [0.25, 0.3) is 17.5 Å². The van der Waals surface area contributed by atoms with Gasteiger partial charge in [0.15, 0.2) is 0 Å². The lowest BCUT2D eigenvalue weighted by Crippen LogP contribution is -2.40. The van der Waals surface area contributed by atoms with Crippen molar-refractivity contribution in [1.29, 1.82) is 0 Å². The quantitative estimate of drug-likeness (QED) is 0.505. The van der Waals surface area contributed by atoms with Crippen molar-refractivity contribution in [2.45, 2.75) is 0 Å². The maximum Gasteiger partial charge on any atom is 0.270 e. The number of hydrogen-bond acceptors (Lipinski definition) is 4. The molecule has 0 aliphatic rings. The van der Waals surface area contributed by atoms with E-state index in [-0.39, 0.29) is 5.69 Å². The molecule has 2 aromatic rings. The van der Waals surface area contributed by atoms with Gasteiger partial charge in [-0.15, -0.1) is 0 Å². The zero-order chi connectivity index (χ0) is 17.5. The summed E-state index contributed by atoms with van der Waals surface area (Å²) in [6.45, 7) is 0. The Labute approximate surface area is 142 Å². The molecule has 7 nitrogen and oxygen atoms in total. The van der Waals surface area contributed by atoms with Gasteiger partial charge in [-0.05, 0) is 35.9 Å². The molecule has 0 radical (unpaired) electrons. The lowest BCUT2D eigenvalue weighted by atomic mass is 10.2. The molecule has 2 amide bonds. The largest absolute Gasteiger partial charge is 0.270 e. The summed E-state index contributed by atoms with van der Waals surface area (Å²) in [5, 5.41) is 11.2. The van der Waals surface area contributed by atoms with Gasteiger partial charge in [-0.25, -0.2) is 0 Å². The summed E-state index contributed by atoms with van der Waals surface area (Å²) < 4.78 is 0. The number of benzene rings is 2. The van der Waals surface area contributed by atoms with Crippen molar-refractivity contribution in [3.05, 3.63) is 80.9 Å². The third-order valence-corrected chi connectivity index (χ3v) is 3.17. The van der Waals surface area contributed by atoms with Crippen LogP contribution in [-0.2, 0) is 4.79 Å². The Balaban J connectivity index is 1.91. The number of nitro groups is 1. The minimum Gasteiger partial charge on any atom is -0.268 e. The summed E-state index contributed by atoms with van der Waals surface area (Å²) in [7, 11) is 0. The molecule has 0 saturated carbocycles. The molecule has 0 saturated heterocycles. The summed E-state index contributed by atoms with van der Waals surface area (Å²) in [5.74, 6) is -1.08. The van der Waals surface area contributed by atoms with Gasteiger partial charge in [0, 0.05) is 28.8 Å². The molecule has 2 aromatic carbocycles. The highest BCUT2D eigenvalue weighted by molar-refractivity contribution is 6.30. The minimum atomic E-state index is -0.580. The predicted octanol–water partition coefficient (Wildman–Crippen LogP) is 2.72. The molecule has 0 bridgehead atoms. The highest BCUT2D eigenvalue weighted by atomic mass is 35.5. The fraction of sp³-hybridized carbons (Fsp3) is 0. The fourth-order valence-electron chi connectivity index (χ4n) is 1.75. The second-order valence-electron chi connectivity index (χ2n) is 4.64. The average molecular weight is 346 g/mol. The van der Waals surface area contributed by atoms with Crippen LogP contribution in [-0.4, -0.2) is 16.7 Å². The van der Waals surface area contributed by atoms with Gasteiger partial charge in [0.2, 0.25) is 0 Å². The molecule has 8 heteroatoms. The van der Waals surface area contributed by atoms with Crippen molar-refractivity contribution in [2.75, 3.05) is 0 Å². The number of amides is 2. The van der Waals surface area contributed by atoms with Crippen LogP contribution in [0.25, 0.3) is 6.08 Å². The highest BCUT2D eigenvalue weighted by Crippen LogP contribution is 2.14. The molecule has 0 aromatic heterocycles. The molecule has 0 aliphatic heterocycles. The third kappa shape index (κ3) is 4.92. The van der Waals surface area contributed by atoms with Gasteiger partial charge in [0.1, 0.15) is 0 Å². The van der Waals surface area contributed by atoms with Crippen LogP contribution in [0.4, 0.5) is 5.69 Å². The molecule has 24 heavy (non-hydrogen) atoms. The van der Waals surface area contributed by atoms with E-state index in [0.717, 1.165) is 6.08 Å². The predicted molar refractivity (Wildman–Crippen MR) is 89.2 cm³/mol. The van der Waals surface area contributed by atoms with Crippen LogP contribution in [0, 0.1) is 10.1 Å². The first-order chi connectivity index (χ1) is 11.5. The number of hydrazine groups is 1. The SMILES string of the molecule is O=C(/C=C/c1cccc([N+](=O)[O-])c1)NNC(=O)c1ccc(Cl)cc1. The highest BCUT2D eigenvalue weighted by Gasteiger charge is 2.06. The van der Waals surface area contributed by atoms with Crippen LogP contribution in [0.15, 0.2) is 54.6 Å². The Morgan fingerprint density at radius 2 is 1.79 bits per heavy atom. The summed E-state index contributed by atoms with van der Waals surface area (Å²) in [5.41, 5.74) is 5.20. The third-order valence-electron chi connectivity index (χ3n) is 2.91. The smallest absolute Gasteiger partial charge is 0.268 e. The number of nitro benzene ring substituents is 1. The number of carbonyl (C=O) groups is 2. The first kappa shape index (κ1) is 17.2. The number of nitrogens with zero attached hydrogens (tertiary/aromatic N) is 1. The fourth-order valence-corrected chi connectivity index (χ4v) is 1.87. The summed E-state index contributed by atoms with van der Waals surface area (Å²) in [6, 6.07) is 12.0.